The third kappa shape index (κ3) is 3.58. The van der Waals surface area contributed by atoms with Crippen molar-refractivity contribution >= 4 is 17.9 Å². The van der Waals surface area contributed by atoms with Gasteiger partial charge in [-0.2, -0.15) is 11.8 Å². The van der Waals surface area contributed by atoms with E-state index in [1.165, 1.54) is 10.5 Å². The lowest BCUT2D eigenvalue weighted by Crippen LogP contribution is -2.36. The van der Waals surface area contributed by atoms with Gasteiger partial charge >= 0.3 is 6.09 Å². The summed E-state index contributed by atoms with van der Waals surface area (Å²) in [5, 5.41) is 18.5. The maximum atomic E-state index is 11.1. The van der Waals surface area contributed by atoms with Crippen LogP contribution in [0.4, 0.5) is 4.79 Å². The maximum absolute atomic E-state index is 11.1. The van der Waals surface area contributed by atoms with Gasteiger partial charge in [0.15, 0.2) is 0 Å². The molecule has 0 spiro atoms. The predicted octanol–water partition coefficient (Wildman–Crippen LogP) is 2.04. The average Bonchev–Trinajstić information content (AvgIpc) is 2.89. The lowest BCUT2D eigenvalue weighted by Gasteiger charge is -2.18. The van der Waals surface area contributed by atoms with E-state index in [9.17, 15) is 9.90 Å². The molecule has 0 unspecified atom stereocenters. The Morgan fingerprint density at radius 1 is 1.45 bits per heavy atom. The van der Waals surface area contributed by atoms with Gasteiger partial charge in [-0.1, -0.05) is 12.1 Å². The molecule has 0 saturated carbocycles. The number of nitrogens with zero attached hydrogens (tertiary/aromatic N) is 1. The fraction of sp³-hybridized carbons (Fsp3) is 0.500. The molecule has 2 atom stereocenters. The first-order valence-corrected chi connectivity index (χ1v) is 7.54. The number of amides is 1. The van der Waals surface area contributed by atoms with Crippen LogP contribution in [0.15, 0.2) is 24.3 Å². The van der Waals surface area contributed by atoms with Crippen molar-refractivity contribution < 1.29 is 19.7 Å². The molecule has 0 bridgehead atoms. The van der Waals surface area contributed by atoms with Crippen LogP contribution < -0.4 is 4.74 Å². The van der Waals surface area contributed by atoms with Crippen molar-refractivity contribution in [3.63, 3.8) is 0 Å². The molecule has 1 aliphatic rings. The zero-order valence-corrected chi connectivity index (χ0v) is 12.2. The smallest absolute Gasteiger partial charge is 0.407 e. The quantitative estimate of drug-likeness (QED) is 0.870. The van der Waals surface area contributed by atoms with Crippen LogP contribution in [0, 0.1) is 0 Å². The Morgan fingerprint density at radius 2 is 2.15 bits per heavy atom. The minimum Gasteiger partial charge on any atom is -0.497 e. The summed E-state index contributed by atoms with van der Waals surface area (Å²) in [4.78, 5) is 12.4. The topological polar surface area (TPSA) is 70.0 Å². The number of carbonyl (C=O) groups is 1. The molecule has 5 nitrogen and oxygen atoms in total. The summed E-state index contributed by atoms with van der Waals surface area (Å²) >= 11 is 1.73. The van der Waals surface area contributed by atoms with Crippen LogP contribution in [-0.2, 0) is 5.75 Å². The number of benzene rings is 1. The summed E-state index contributed by atoms with van der Waals surface area (Å²) in [7, 11) is 1.64. The Kier molecular flexibility index (Phi) is 5.14. The van der Waals surface area contributed by atoms with Crippen molar-refractivity contribution in [2.45, 2.75) is 23.5 Å². The van der Waals surface area contributed by atoms with Crippen molar-refractivity contribution in [1.29, 1.82) is 0 Å². The van der Waals surface area contributed by atoms with Crippen LogP contribution in [0.25, 0.3) is 0 Å². The highest BCUT2D eigenvalue weighted by molar-refractivity contribution is 7.99. The summed E-state index contributed by atoms with van der Waals surface area (Å²) in [5.41, 5.74) is 1.19. The molecule has 1 heterocycles. The van der Waals surface area contributed by atoms with Crippen LogP contribution in [0.3, 0.4) is 0 Å². The van der Waals surface area contributed by atoms with Crippen molar-refractivity contribution in [3.05, 3.63) is 29.8 Å². The van der Waals surface area contributed by atoms with Gasteiger partial charge in [0, 0.05) is 17.5 Å². The van der Waals surface area contributed by atoms with E-state index < -0.39 is 6.09 Å². The van der Waals surface area contributed by atoms with E-state index in [1.54, 1.807) is 18.9 Å². The summed E-state index contributed by atoms with van der Waals surface area (Å²) in [6, 6.07) is 7.61. The van der Waals surface area contributed by atoms with E-state index >= 15 is 0 Å². The van der Waals surface area contributed by atoms with Gasteiger partial charge in [0.05, 0.1) is 19.8 Å². The Labute approximate surface area is 122 Å². The zero-order valence-electron chi connectivity index (χ0n) is 11.4. The fourth-order valence-electron chi connectivity index (χ4n) is 2.34. The number of thioether (sulfide) groups is 1. The highest BCUT2D eigenvalue weighted by Gasteiger charge is 2.34. The van der Waals surface area contributed by atoms with Gasteiger partial charge in [0.1, 0.15) is 5.75 Å². The SMILES string of the molecule is COc1ccc(CS[C@@H]2C[C@@H](CO)N(C(=O)O)C2)cc1. The lowest BCUT2D eigenvalue weighted by atomic mass is 10.2. The van der Waals surface area contributed by atoms with Crippen LogP contribution >= 0.6 is 11.8 Å². The number of aliphatic hydroxyl groups excluding tert-OH is 1. The third-order valence-electron chi connectivity index (χ3n) is 3.48. The number of methoxy groups -OCH3 is 1. The van der Waals surface area contributed by atoms with E-state index in [2.05, 4.69) is 0 Å². The molecular weight excluding hydrogens is 278 g/mol. The molecule has 2 rings (SSSR count). The van der Waals surface area contributed by atoms with Crippen LogP contribution in [0.5, 0.6) is 5.75 Å². The highest BCUT2D eigenvalue weighted by atomic mass is 32.2. The largest absolute Gasteiger partial charge is 0.497 e. The molecule has 1 saturated heterocycles. The van der Waals surface area contributed by atoms with Gasteiger partial charge < -0.3 is 19.8 Å². The van der Waals surface area contributed by atoms with Crippen LogP contribution in [0.2, 0.25) is 0 Å². The number of rotatable bonds is 5. The Balaban J connectivity index is 1.86. The lowest BCUT2D eigenvalue weighted by molar-refractivity contribution is 0.118. The molecule has 110 valence electrons. The zero-order chi connectivity index (χ0) is 14.5. The van der Waals surface area contributed by atoms with Gasteiger partial charge in [-0.3, -0.25) is 0 Å². The summed E-state index contributed by atoms with van der Waals surface area (Å²) in [6.45, 7) is 0.382. The van der Waals surface area contributed by atoms with Gasteiger partial charge in [-0.15, -0.1) is 0 Å². The molecule has 2 N–H and O–H groups in total. The summed E-state index contributed by atoms with van der Waals surface area (Å²) < 4.78 is 5.11. The molecular formula is C14H19NO4S. The second-order valence-corrected chi connectivity index (χ2v) is 6.08. The molecule has 0 aliphatic carbocycles. The molecule has 6 heteroatoms. The molecule has 0 aromatic heterocycles. The number of hydrogen-bond donors (Lipinski definition) is 2. The first kappa shape index (κ1) is 15.0. The van der Waals surface area contributed by atoms with Gasteiger partial charge in [-0.05, 0) is 24.1 Å². The summed E-state index contributed by atoms with van der Waals surface area (Å²) in [5.74, 6) is 1.66. The van der Waals surface area contributed by atoms with E-state index in [0.29, 0.717) is 13.0 Å². The first-order valence-electron chi connectivity index (χ1n) is 6.49. The van der Waals surface area contributed by atoms with Gasteiger partial charge in [0.2, 0.25) is 0 Å². The number of hydrogen-bond acceptors (Lipinski definition) is 4. The van der Waals surface area contributed by atoms with Crippen molar-refractivity contribution in [1.82, 2.24) is 4.90 Å². The molecule has 20 heavy (non-hydrogen) atoms. The molecule has 0 radical (unpaired) electrons. The average molecular weight is 297 g/mol. The highest BCUT2D eigenvalue weighted by Crippen LogP contribution is 2.30. The second-order valence-electron chi connectivity index (χ2n) is 4.79. The number of carboxylic acid groups (broad SMARTS) is 1. The fourth-order valence-corrected chi connectivity index (χ4v) is 3.58. The predicted molar refractivity (Wildman–Crippen MR) is 78.3 cm³/mol. The molecule has 1 aromatic carbocycles. The second kappa shape index (κ2) is 6.85. The normalized spacial score (nSPS) is 22.0. The molecule has 1 amide bonds. The number of likely N-dealkylation sites (tertiary alicyclic amines) is 1. The van der Waals surface area contributed by atoms with Crippen LogP contribution in [0.1, 0.15) is 12.0 Å². The maximum Gasteiger partial charge on any atom is 0.407 e. The minimum atomic E-state index is -0.948. The third-order valence-corrected chi connectivity index (χ3v) is 4.79. The Bertz CT molecular complexity index is 451. The van der Waals surface area contributed by atoms with Crippen molar-refractivity contribution in [3.8, 4) is 5.75 Å². The van der Waals surface area contributed by atoms with Gasteiger partial charge in [-0.25, -0.2) is 4.79 Å². The molecule has 1 fully saturated rings. The van der Waals surface area contributed by atoms with Gasteiger partial charge in [0.25, 0.3) is 0 Å². The van der Waals surface area contributed by atoms with E-state index in [-0.39, 0.29) is 17.9 Å². The molecule has 1 aliphatic heterocycles. The Morgan fingerprint density at radius 3 is 2.65 bits per heavy atom. The van der Waals surface area contributed by atoms with E-state index in [4.69, 9.17) is 9.84 Å². The summed E-state index contributed by atoms with van der Waals surface area (Å²) in [6.07, 6.45) is -0.236. The van der Waals surface area contributed by atoms with Crippen molar-refractivity contribution in [2.24, 2.45) is 0 Å². The number of aliphatic hydroxyl groups is 1. The monoisotopic (exact) mass is 297 g/mol. The minimum absolute atomic E-state index is 0.105. The molecule has 1 aromatic rings. The van der Waals surface area contributed by atoms with Crippen LogP contribution in [-0.4, -0.2) is 52.8 Å². The standard InChI is InChI=1S/C14H19NO4S/c1-19-12-4-2-10(3-5-12)9-20-13-6-11(8-16)15(7-13)14(17)18/h2-5,11,13,16H,6-9H2,1H3,(H,17,18)/t11-,13+/m0/s1. The van der Waals surface area contributed by atoms with Crippen molar-refractivity contribution in [2.75, 3.05) is 20.3 Å². The number of ether oxygens (including phenoxy) is 1. The first-order chi connectivity index (χ1) is 9.63. The Hall–Kier alpha value is -1.40. The van der Waals surface area contributed by atoms with E-state index in [0.717, 1.165) is 11.5 Å². The van der Waals surface area contributed by atoms with E-state index in [1.807, 2.05) is 24.3 Å².